The Morgan fingerprint density at radius 1 is 1.00 bits per heavy atom. The van der Waals surface area contributed by atoms with E-state index in [1.807, 2.05) is 0 Å². The van der Waals surface area contributed by atoms with Gasteiger partial charge in [0.25, 0.3) is 0 Å². The van der Waals surface area contributed by atoms with Crippen LogP contribution in [0.4, 0.5) is 0 Å². The molecule has 0 aromatic heterocycles. The number of Topliss-reactive ketones (excluding diaryl/α,β-unsaturated/α-hetero) is 1. The maximum absolute atomic E-state index is 11.8. The molecule has 3 nitrogen and oxygen atoms in total. The zero-order chi connectivity index (χ0) is 15.9. The van der Waals surface area contributed by atoms with Gasteiger partial charge < -0.3 is 4.74 Å². The Hall–Kier alpha value is -2.10. The van der Waals surface area contributed by atoms with Gasteiger partial charge >= 0.3 is 5.97 Å². The van der Waals surface area contributed by atoms with Gasteiger partial charge in [0.2, 0.25) is 0 Å². The van der Waals surface area contributed by atoms with Gasteiger partial charge in [-0.05, 0) is 48.0 Å². The van der Waals surface area contributed by atoms with E-state index in [9.17, 15) is 9.59 Å². The molecule has 0 aliphatic heterocycles. The van der Waals surface area contributed by atoms with Crippen LogP contribution in [0.3, 0.4) is 0 Å². The largest absolute Gasteiger partial charge is 0.454 e. The highest BCUT2D eigenvalue weighted by Crippen LogP contribution is 2.12. The minimum absolute atomic E-state index is 0.291. The van der Waals surface area contributed by atoms with E-state index in [0.29, 0.717) is 15.6 Å². The van der Waals surface area contributed by atoms with Gasteiger partial charge in [0.15, 0.2) is 12.4 Å². The molecule has 22 heavy (non-hydrogen) atoms. The molecule has 0 radical (unpaired) electrons. The molecule has 0 bridgehead atoms. The molecule has 0 spiro atoms. The molecule has 0 heterocycles. The van der Waals surface area contributed by atoms with Crippen LogP contribution < -0.4 is 0 Å². The van der Waals surface area contributed by atoms with Crippen LogP contribution in [0, 0.1) is 0 Å². The fraction of sp³-hybridized carbons (Fsp3) is 0.0588. The van der Waals surface area contributed by atoms with Gasteiger partial charge in [-0.25, -0.2) is 4.79 Å². The summed E-state index contributed by atoms with van der Waals surface area (Å²) >= 11 is 11.6. The molecule has 2 aromatic rings. The van der Waals surface area contributed by atoms with Gasteiger partial charge in [-0.2, -0.15) is 0 Å². The zero-order valence-electron chi connectivity index (χ0n) is 11.5. The predicted octanol–water partition coefficient (Wildman–Crippen LogP) is 4.43. The van der Waals surface area contributed by atoms with Crippen LogP contribution >= 0.6 is 23.2 Å². The van der Waals surface area contributed by atoms with Crippen molar-refractivity contribution in [1.82, 2.24) is 0 Å². The van der Waals surface area contributed by atoms with Gasteiger partial charge in [0.1, 0.15) is 0 Å². The number of esters is 1. The average molecular weight is 335 g/mol. The molecule has 0 saturated heterocycles. The van der Waals surface area contributed by atoms with E-state index >= 15 is 0 Å². The lowest BCUT2D eigenvalue weighted by Gasteiger charge is -2.02. The first-order valence-corrected chi connectivity index (χ1v) is 7.19. The van der Waals surface area contributed by atoms with Crippen LogP contribution in [0.25, 0.3) is 6.08 Å². The van der Waals surface area contributed by atoms with Gasteiger partial charge in [-0.3, -0.25) is 4.79 Å². The molecule has 2 rings (SSSR count). The molecule has 0 fully saturated rings. The van der Waals surface area contributed by atoms with Gasteiger partial charge in [-0.15, -0.1) is 0 Å². The molecular formula is C17H12Cl2O3. The topological polar surface area (TPSA) is 43.4 Å². The number of carbonyl (C=O) groups excluding carboxylic acids is 2. The molecule has 0 aliphatic rings. The van der Waals surface area contributed by atoms with Crippen molar-refractivity contribution < 1.29 is 14.3 Å². The van der Waals surface area contributed by atoms with Gasteiger partial charge in [0, 0.05) is 21.7 Å². The summed E-state index contributed by atoms with van der Waals surface area (Å²) in [6.07, 6.45) is 2.82. The Kier molecular flexibility index (Phi) is 5.75. The summed E-state index contributed by atoms with van der Waals surface area (Å²) in [6.45, 7) is -0.319. The van der Waals surface area contributed by atoms with Crippen LogP contribution in [0.5, 0.6) is 0 Å². The summed E-state index contributed by atoms with van der Waals surface area (Å²) in [4.78, 5) is 23.4. The van der Waals surface area contributed by atoms with E-state index in [0.717, 1.165) is 5.56 Å². The Morgan fingerprint density at radius 2 is 1.73 bits per heavy atom. The molecular weight excluding hydrogens is 323 g/mol. The molecule has 5 heteroatoms. The van der Waals surface area contributed by atoms with E-state index in [1.54, 1.807) is 54.6 Å². The van der Waals surface area contributed by atoms with E-state index < -0.39 is 5.97 Å². The average Bonchev–Trinajstić information content (AvgIpc) is 2.51. The van der Waals surface area contributed by atoms with Crippen LogP contribution in [0.2, 0.25) is 10.0 Å². The predicted molar refractivity (Wildman–Crippen MR) is 87.2 cm³/mol. The van der Waals surface area contributed by atoms with Gasteiger partial charge in [0.05, 0.1) is 0 Å². The first kappa shape index (κ1) is 16.3. The second kappa shape index (κ2) is 7.78. The van der Waals surface area contributed by atoms with E-state index in [2.05, 4.69) is 0 Å². The lowest BCUT2D eigenvalue weighted by molar-refractivity contribution is -0.136. The quantitative estimate of drug-likeness (QED) is 0.461. The highest BCUT2D eigenvalue weighted by molar-refractivity contribution is 6.31. The summed E-state index contributed by atoms with van der Waals surface area (Å²) in [7, 11) is 0. The Labute approximate surface area is 138 Å². The number of ketones is 1. The van der Waals surface area contributed by atoms with Crippen molar-refractivity contribution in [3.63, 3.8) is 0 Å². The molecule has 0 N–H and O–H groups in total. The highest BCUT2D eigenvalue weighted by Gasteiger charge is 2.08. The Morgan fingerprint density at radius 3 is 2.41 bits per heavy atom. The Balaban J connectivity index is 1.87. The molecule has 112 valence electrons. The molecule has 2 aromatic carbocycles. The summed E-state index contributed by atoms with van der Waals surface area (Å²) in [6, 6.07) is 13.4. The molecule has 0 amide bonds. The third-order valence-corrected chi connectivity index (χ3v) is 3.26. The number of benzene rings is 2. The first-order valence-electron chi connectivity index (χ1n) is 6.44. The minimum Gasteiger partial charge on any atom is -0.454 e. The summed E-state index contributed by atoms with van der Waals surface area (Å²) in [5, 5.41) is 1.12. The number of ether oxygens (including phenoxy) is 1. The summed E-state index contributed by atoms with van der Waals surface area (Å²) in [5.74, 6) is -0.886. The normalized spacial score (nSPS) is 10.6. The van der Waals surface area contributed by atoms with Crippen molar-refractivity contribution in [2.24, 2.45) is 0 Å². The smallest absolute Gasteiger partial charge is 0.331 e. The van der Waals surface area contributed by atoms with Crippen molar-refractivity contribution in [2.75, 3.05) is 6.61 Å². The number of rotatable bonds is 5. The monoisotopic (exact) mass is 334 g/mol. The molecule has 0 aliphatic carbocycles. The van der Waals surface area contributed by atoms with Crippen LogP contribution in [0.1, 0.15) is 15.9 Å². The van der Waals surface area contributed by atoms with Crippen LogP contribution in [-0.4, -0.2) is 18.4 Å². The van der Waals surface area contributed by atoms with Crippen LogP contribution in [-0.2, 0) is 9.53 Å². The van der Waals surface area contributed by atoms with Crippen molar-refractivity contribution >= 4 is 41.0 Å². The number of carbonyl (C=O) groups is 2. The van der Waals surface area contributed by atoms with E-state index in [-0.39, 0.29) is 12.4 Å². The standard InChI is InChI=1S/C17H12Cl2O3/c18-14-7-5-13(6-8-14)16(20)11-22-17(21)9-4-12-2-1-3-15(19)10-12/h1-10H,11H2/b9-4+. The van der Waals surface area contributed by atoms with Gasteiger partial charge in [-0.1, -0.05) is 35.3 Å². The maximum atomic E-state index is 11.8. The molecule has 0 atom stereocenters. The number of hydrogen-bond donors (Lipinski definition) is 0. The third kappa shape index (κ3) is 5.02. The molecule has 0 saturated carbocycles. The van der Waals surface area contributed by atoms with Crippen molar-refractivity contribution in [1.29, 1.82) is 0 Å². The second-order valence-electron chi connectivity index (χ2n) is 4.43. The number of halogens is 2. The second-order valence-corrected chi connectivity index (χ2v) is 5.30. The van der Waals surface area contributed by atoms with E-state index in [4.69, 9.17) is 27.9 Å². The van der Waals surface area contributed by atoms with Crippen molar-refractivity contribution in [3.05, 3.63) is 75.8 Å². The Bertz CT molecular complexity index is 706. The summed E-state index contributed by atoms with van der Waals surface area (Å²) in [5.41, 5.74) is 1.21. The summed E-state index contributed by atoms with van der Waals surface area (Å²) < 4.78 is 4.90. The fourth-order valence-electron chi connectivity index (χ4n) is 1.68. The third-order valence-electron chi connectivity index (χ3n) is 2.77. The minimum atomic E-state index is -0.595. The van der Waals surface area contributed by atoms with Crippen molar-refractivity contribution in [3.8, 4) is 0 Å². The lowest BCUT2D eigenvalue weighted by atomic mass is 10.1. The lowest BCUT2D eigenvalue weighted by Crippen LogP contribution is -2.12. The van der Waals surface area contributed by atoms with Crippen LogP contribution in [0.15, 0.2) is 54.6 Å². The molecule has 0 unspecified atom stereocenters. The SMILES string of the molecule is O=C(/C=C/c1cccc(Cl)c1)OCC(=O)c1ccc(Cl)cc1. The fourth-order valence-corrected chi connectivity index (χ4v) is 2.00. The zero-order valence-corrected chi connectivity index (χ0v) is 13.0. The number of hydrogen-bond acceptors (Lipinski definition) is 3. The highest BCUT2D eigenvalue weighted by atomic mass is 35.5. The maximum Gasteiger partial charge on any atom is 0.331 e. The van der Waals surface area contributed by atoms with E-state index in [1.165, 1.54) is 6.08 Å². The van der Waals surface area contributed by atoms with Crippen molar-refractivity contribution in [2.45, 2.75) is 0 Å². The first-order chi connectivity index (χ1) is 10.5.